The molecule has 0 heterocycles. The molecule has 19 heavy (non-hydrogen) atoms. The van der Waals surface area contributed by atoms with E-state index < -0.39 is 17.9 Å². The van der Waals surface area contributed by atoms with E-state index in [-0.39, 0.29) is 18.9 Å². The molecule has 1 saturated carbocycles. The van der Waals surface area contributed by atoms with Gasteiger partial charge in [0.15, 0.2) is 0 Å². The third kappa shape index (κ3) is 4.66. The van der Waals surface area contributed by atoms with Gasteiger partial charge in [-0.1, -0.05) is 27.2 Å². The molecule has 4 unspecified atom stereocenters. The molecule has 0 aliphatic heterocycles. The first-order valence-electron chi connectivity index (χ1n) is 7.00. The SMILES string of the molecule is CC1CCC(C(C)C)C(O)(CC(O)COC(=O)O)C1. The van der Waals surface area contributed by atoms with Gasteiger partial charge < -0.3 is 20.1 Å². The fourth-order valence-electron chi connectivity index (χ4n) is 3.41. The summed E-state index contributed by atoms with van der Waals surface area (Å²) in [6.45, 7) is 5.97. The van der Waals surface area contributed by atoms with E-state index in [4.69, 9.17) is 5.11 Å². The van der Waals surface area contributed by atoms with Crippen molar-refractivity contribution in [1.82, 2.24) is 0 Å². The molecule has 0 amide bonds. The third-order valence-electron chi connectivity index (χ3n) is 4.16. The van der Waals surface area contributed by atoms with Gasteiger partial charge >= 0.3 is 6.16 Å². The number of rotatable bonds is 5. The minimum absolute atomic E-state index is 0.142. The van der Waals surface area contributed by atoms with E-state index in [0.717, 1.165) is 12.8 Å². The first-order valence-corrected chi connectivity index (χ1v) is 7.00. The van der Waals surface area contributed by atoms with E-state index in [9.17, 15) is 15.0 Å². The number of aliphatic hydroxyl groups is 2. The average molecular weight is 274 g/mol. The van der Waals surface area contributed by atoms with Gasteiger partial charge in [0.1, 0.15) is 6.61 Å². The van der Waals surface area contributed by atoms with Crippen LogP contribution in [0.1, 0.15) is 46.5 Å². The Balaban J connectivity index is 2.65. The normalized spacial score (nSPS) is 33.2. The molecule has 0 aromatic rings. The van der Waals surface area contributed by atoms with Crippen molar-refractivity contribution in [1.29, 1.82) is 0 Å². The zero-order valence-electron chi connectivity index (χ0n) is 12.0. The summed E-state index contributed by atoms with van der Waals surface area (Å²) in [5.74, 6) is 0.904. The second-order valence-electron chi connectivity index (χ2n) is 6.28. The third-order valence-corrected chi connectivity index (χ3v) is 4.16. The second-order valence-corrected chi connectivity index (χ2v) is 6.28. The zero-order valence-corrected chi connectivity index (χ0v) is 12.0. The lowest BCUT2D eigenvalue weighted by molar-refractivity contribution is -0.112. The first-order chi connectivity index (χ1) is 8.74. The van der Waals surface area contributed by atoms with Crippen molar-refractivity contribution in [2.45, 2.75) is 58.2 Å². The standard InChI is InChI=1S/C14H26O5/c1-9(2)12-5-4-10(3)6-14(12,18)7-11(15)8-19-13(16)17/h9-12,15,18H,4-8H2,1-3H3,(H,16,17). The van der Waals surface area contributed by atoms with Crippen molar-refractivity contribution < 1.29 is 24.9 Å². The molecule has 0 saturated heterocycles. The summed E-state index contributed by atoms with van der Waals surface area (Å²) >= 11 is 0. The number of aliphatic hydroxyl groups excluding tert-OH is 1. The van der Waals surface area contributed by atoms with E-state index in [1.54, 1.807) is 0 Å². The Hall–Kier alpha value is -0.810. The highest BCUT2D eigenvalue weighted by Gasteiger charge is 2.43. The predicted octanol–water partition coefficient (Wildman–Crippen LogP) is 2.26. The Bertz CT molecular complexity index is 304. The molecule has 1 aliphatic carbocycles. The van der Waals surface area contributed by atoms with Gasteiger partial charge in [0, 0.05) is 6.42 Å². The van der Waals surface area contributed by atoms with E-state index in [1.165, 1.54) is 0 Å². The Morgan fingerprint density at radius 3 is 2.58 bits per heavy atom. The second kappa shape index (κ2) is 6.57. The highest BCUT2D eigenvalue weighted by molar-refractivity contribution is 5.56. The van der Waals surface area contributed by atoms with Crippen molar-refractivity contribution in [2.24, 2.45) is 17.8 Å². The van der Waals surface area contributed by atoms with Gasteiger partial charge in [-0.05, 0) is 30.6 Å². The van der Waals surface area contributed by atoms with Gasteiger partial charge in [-0.25, -0.2) is 4.79 Å². The average Bonchev–Trinajstić information content (AvgIpc) is 2.24. The number of carbonyl (C=O) groups is 1. The van der Waals surface area contributed by atoms with Gasteiger partial charge in [0.2, 0.25) is 0 Å². The lowest BCUT2D eigenvalue weighted by Gasteiger charge is -2.45. The summed E-state index contributed by atoms with van der Waals surface area (Å²) in [6.07, 6.45) is 0.512. The molecular weight excluding hydrogens is 248 g/mol. The first kappa shape index (κ1) is 16.2. The lowest BCUT2D eigenvalue weighted by Crippen LogP contribution is -2.48. The van der Waals surface area contributed by atoms with Crippen molar-refractivity contribution in [3.8, 4) is 0 Å². The van der Waals surface area contributed by atoms with Crippen LogP contribution in [0.25, 0.3) is 0 Å². The molecule has 4 atom stereocenters. The molecular formula is C14H26O5. The summed E-state index contributed by atoms with van der Waals surface area (Å²) < 4.78 is 4.37. The fraction of sp³-hybridized carbons (Fsp3) is 0.929. The van der Waals surface area contributed by atoms with Crippen LogP contribution in [-0.2, 0) is 4.74 Å². The lowest BCUT2D eigenvalue weighted by atomic mass is 9.65. The topological polar surface area (TPSA) is 87.0 Å². The monoisotopic (exact) mass is 274 g/mol. The highest BCUT2D eigenvalue weighted by atomic mass is 16.7. The van der Waals surface area contributed by atoms with Crippen molar-refractivity contribution in [3.63, 3.8) is 0 Å². The van der Waals surface area contributed by atoms with Gasteiger partial charge in [0.05, 0.1) is 11.7 Å². The predicted molar refractivity (Wildman–Crippen MR) is 70.9 cm³/mol. The molecule has 1 rings (SSSR count). The molecule has 1 fully saturated rings. The number of ether oxygens (including phenoxy) is 1. The molecule has 3 N–H and O–H groups in total. The smallest absolute Gasteiger partial charge is 0.450 e. The number of hydrogen-bond donors (Lipinski definition) is 3. The van der Waals surface area contributed by atoms with Crippen LogP contribution in [0.15, 0.2) is 0 Å². The van der Waals surface area contributed by atoms with E-state index in [2.05, 4.69) is 25.5 Å². The van der Waals surface area contributed by atoms with Gasteiger partial charge in [0.25, 0.3) is 0 Å². The zero-order chi connectivity index (χ0) is 14.6. The summed E-state index contributed by atoms with van der Waals surface area (Å²) in [5.41, 5.74) is -0.923. The summed E-state index contributed by atoms with van der Waals surface area (Å²) in [7, 11) is 0. The van der Waals surface area contributed by atoms with Crippen molar-refractivity contribution >= 4 is 6.16 Å². The van der Waals surface area contributed by atoms with E-state index in [1.807, 2.05) is 0 Å². The molecule has 112 valence electrons. The molecule has 5 nitrogen and oxygen atoms in total. The molecule has 1 aliphatic rings. The molecule has 0 bridgehead atoms. The highest BCUT2D eigenvalue weighted by Crippen LogP contribution is 2.43. The van der Waals surface area contributed by atoms with Crippen LogP contribution >= 0.6 is 0 Å². The summed E-state index contributed by atoms with van der Waals surface area (Å²) in [6, 6.07) is 0. The van der Waals surface area contributed by atoms with Crippen LogP contribution < -0.4 is 0 Å². The quantitative estimate of drug-likeness (QED) is 0.669. The minimum Gasteiger partial charge on any atom is -0.450 e. The Kier molecular flexibility index (Phi) is 5.62. The Morgan fingerprint density at radius 2 is 2.05 bits per heavy atom. The molecule has 0 spiro atoms. The van der Waals surface area contributed by atoms with Crippen LogP contribution in [0.4, 0.5) is 4.79 Å². The van der Waals surface area contributed by atoms with Crippen molar-refractivity contribution in [3.05, 3.63) is 0 Å². The van der Waals surface area contributed by atoms with Crippen LogP contribution in [0, 0.1) is 17.8 Å². The Labute approximate surface area is 114 Å². The number of hydrogen-bond acceptors (Lipinski definition) is 4. The van der Waals surface area contributed by atoms with Gasteiger partial charge in [-0.3, -0.25) is 0 Å². The van der Waals surface area contributed by atoms with E-state index >= 15 is 0 Å². The minimum atomic E-state index is -1.40. The Morgan fingerprint density at radius 1 is 1.42 bits per heavy atom. The van der Waals surface area contributed by atoms with Gasteiger partial charge in [-0.2, -0.15) is 0 Å². The molecule has 0 radical (unpaired) electrons. The maximum absolute atomic E-state index is 10.8. The molecule has 0 aromatic heterocycles. The molecule has 5 heteroatoms. The maximum Gasteiger partial charge on any atom is 0.505 e. The summed E-state index contributed by atoms with van der Waals surface area (Å²) in [5, 5.41) is 29.1. The van der Waals surface area contributed by atoms with Crippen LogP contribution in [0.5, 0.6) is 0 Å². The van der Waals surface area contributed by atoms with Crippen molar-refractivity contribution in [2.75, 3.05) is 6.61 Å². The number of carboxylic acid groups (broad SMARTS) is 1. The fourth-order valence-corrected chi connectivity index (χ4v) is 3.41. The van der Waals surface area contributed by atoms with Crippen LogP contribution in [-0.4, -0.2) is 39.8 Å². The largest absolute Gasteiger partial charge is 0.505 e. The maximum atomic E-state index is 10.8. The van der Waals surface area contributed by atoms with Crippen LogP contribution in [0.3, 0.4) is 0 Å². The van der Waals surface area contributed by atoms with Crippen LogP contribution in [0.2, 0.25) is 0 Å². The van der Waals surface area contributed by atoms with E-state index in [0.29, 0.717) is 18.3 Å². The van der Waals surface area contributed by atoms with Gasteiger partial charge in [-0.15, -0.1) is 0 Å². The summed E-state index contributed by atoms with van der Waals surface area (Å²) in [4.78, 5) is 10.3. The molecule has 0 aromatic carbocycles.